The topological polar surface area (TPSA) is 73.5 Å². The molecule has 2 aliphatic rings. The van der Waals surface area contributed by atoms with Crippen LogP contribution in [-0.2, 0) is 4.79 Å². The van der Waals surface area contributed by atoms with Gasteiger partial charge in [0.15, 0.2) is 0 Å². The average Bonchev–Trinajstić information content (AvgIpc) is 3.45. The zero-order chi connectivity index (χ0) is 18.4. The zero-order valence-electron chi connectivity index (χ0n) is 16.0. The zero-order valence-corrected chi connectivity index (χ0v) is 16.8. The van der Waals surface area contributed by atoms with Crippen LogP contribution in [0.5, 0.6) is 0 Å². The third-order valence-corrected chi connectivity index (χ3v) is 5.20. The Kier molecular flexibility index (Phi) is 8.54. The second kappa shape index (κ2) is 10.6. The minimum absolute atomic E-state index is 0. The number of carbonyl (C=O) groups is 2. The molecule has 1 heterocycles. The molecule has 7 heteroatoms. The Morgan fingerprint density at radius 1 is 1.15 bits per heavy atom. The first-order valence-corrected chi connectivity index (χ1v) is 9.72. The van der Waals surface area contributed by atoms with E-state index in [0.717, 1.165) is 51.2 Å². The number of anilines is 1. The number of nitrogens with one attached hydrogen (secondary N) is 3. The van der Waals surface area contributed by atoms with Crippen LogP contribution in [0.25, 0.3) is 0 Å². The molecule has 1 aromatic rings. The van der Waals surface area contributed by atoms with E-state index in [4.69, 9.17) is 0 Å². The van der Waals surface area contributed by atoms with Gasteiger partial charge in [0.05, 0.1) is 6.54 Å². The van der Waals surface area contributed by atoms with Gasteiger partial charge in [-0.1, -0.05) is 6.07 Å². The predicted octanol–water partition coefficient (Wildman–Crippen LogP) is 2.26. The van der Waals surface area contributed by atoms with Crippen LogP contribution in [0, 0.1) is 5.92 Å². The van der Waals surface area contributed by atoms with Gasteiger partial charge in [-0.15, -0.1) is 12.4 Å². The fraction of sp³-hybridized carbons (Fsp3) is 0.600. The number of amides is 2. The number of benzene rings is 1. The van der Waals surface area contributed by atoms with Crippen molar-refractivity contribution in [3.63, 3.8) is 0 Å². The molecule has 0 radical (unpaired) electrons. The molecule has 2 amide bonds. The quantitative estimate of drug-likeness (QED) is 0.632. The summed E-state index contributed by atoms with van der Waals surface area (Å²) in [4.78, 5) is 26.7. The van der Waals surface area contributed by atoms with Crippen LogP contribution in [0.15, 0.2) is 24.3 Å². The highest BCUT2D eigenvalue weighted by atomic mass is 35.5. The maximum absolute atomic E-state index is 12.3. The van der Waals surface area contributed by atoms with Crippen molar-refractivity contribution in [2.45, 2.75) is 38.1 Å². The number of hydrogen-bond acceptors (Lipinski definition) is 4. The molecule has 0 unspecified atom stereocenters. The Balaban J connectivity index is 0.00000261. The van der Waals surface area contributed by atoms with Crippen LogP contribution in [0.4, 0.5) is 5.69 Å². The number of rotatable bonds is 8. The van der Waals surface area contributed by atoms with Gasteiger partial charge in [0.1, 0.15) is 0 Å². The highest BCUT2D eigenvalue weighted by Gasteiger charge is 2.24. The number of nitrogens with zero attached hydrogens (tertiary/aromatic N) is 1. The molecule has 0 aromatic heterocycles. The molecule has 3 rings (SSSR count). The number of likely N-dealkylation sites (tertiary alicyclic amines) is 1. The summed E-state index contributed by atoms with van der Waals surface area (Å²) in [5, 5.41) is 9.10. The molecule has 0 atom stereocenters. The number of halogens is 1. The van der Waals surface area contributed by atoms with Crippen molar-refractivity contribution in [1.29, 1.82) is 0 Å². The molecular weight excluding hydrogens is 364 g/mol. The van der Waals surface area contributed by atoms with Gasteiger partial charge in [-0.05, 0) is 82.9 Å². The van der Waals surface area contributed by atoms with Gasteiger partial charge in [0.2, 0.25) is 5.91 Å². The van der Waals surface area contributed by atoms with E-state index < -0.39 is 0 Å². The molecule has 3 N–H and O–H groups in total. The first-order chi connectivity index (χ1) is 12.6. The van der Waals surface area contributed by atoms with E-state index in [2.05, 4.69) is 20.9 Å². The molecule has 150 valence electrons. The van der Waals surface area contributed by atoms with E-state index in [-0.39, 0.29) is 24.2 Å². The van der Waals surface area contributed by atoms with Gasteiger partial charge in [-0.3, -0.25) is 14.5 Å². The normalized spacial score (nSPS) is 17.8. The Hall–Kier alpha value is -1.63. The van der Waals surface area contributed by atoms with E-state index in [1.165, 1.54) is 6.42 Å². The van der Waals surface area contributed by atoms with E-state index >= 15 is 0 Å². The van der Waals surface area contributed by atoms with Gasteiger partial charge in [-0.2, -0.15) is 0 Å². The Morgan fingerprint density at radius 3 is 2.56 bits per heavy atom. The SMILES string of the molecule is CNCCC1CCN(CC(=O)Nc2cccc(C(=O)NC3CC3)c2)CC1.Cl. The van der Waals surface area contributed by atoms with Gasteiger partial charge in [0.25, 0.3) is 5.91 Å². The van der Waals surface area contributed by atoms with Crippen LogP contribution in [0.1, 0.15) is 42.5 Å². The lowest BCUT2D eigenvalue weighted by molar-refractivity contribution is -0.117. The van der Waals surface area contributed by atoms with Gasteiger partial charge < -0.3 is 16.0 Å². The molecule has 1 aliphatic carbocycles. The van der Waals surface area contributed by atoms with E-state index in [0.29, 0.717) is 23.8 Å². The largest absolute Gasteiger partial charge is 0.349 e. The van der Waals surface area contributed by atoms with Gasteiger partial charge in [0, 0.05) is 17.3 Å². The molecule has 1 aromatic carbocycles. The van der Waals surface area contributed by atoms with Crippen molar-refractivity contribution in [3.8, 4) is 0 Å². The maximum Gasteiger partial charge on any atom is 0.251 e. The van der Waals surface area contributed by atoms with Crippen LogP contribution in [-0.4, -0.2) is 56.0 Å². The summed E-state index contributed by atoms with van der Waals surface area (Å²) >= 11 is 0. The minimum atomic E-state index is -0.0627. The third kappa shape index (κ3) is 7.13. The summed E-state index contributed by atoms with van der Waals surface area (Å²) in [6, 6.07) is 7.50. The van der Waals surface area contributed by atoms with Crippen LogP contribution in [0.2, 0.25) is 0 Å². The number of carbonyl (C=O) groups excluding carboxylic acids is 2. The molecule has 2 fully saturated rings. The minimum Gasteiger partial charge on any atom is -0.349 e. The predicted molar refractivity (Wildman–Crippen MR) is 111 cm³/mol. The molecule has 1 saturated carbocycles. The summed E-state index contributed by atoms with van der Waals surface area (Å²) in [5.41, 5.74) is 1.28. The molecular formula is C20H31ClN4O2. The lowest BCUT2D eigenvalue weighted by Gasteiger charge is -2.31. The second-order valence-electron chi connectivity index (χ2n) is 7.49. The molecule has 27 heavy (non-hydrogen) atoms. The molecule has 0 bridgehead atoms. The van der Waals surface area contributed by atoms with Crippen molar-refractivity contribution in [3.05, 3.63) is 29.8 Å². The third-order valence-electron chi connectivity index (χ3n) is 5.20. The lowest BCUT2D eigenvalue weighted by Crippen LogP contribution is -2.39. The van der Waals surface area contributed by atoms with Gasteiger partial charge in [-0.25, -0.2) is 0 Å². The first kappa shape index (κ1) is 21.7. The van der Waals surface area contributed by atoms with Crippen molar-refractivity contribution < 1.29 is 9.59 Å². The number of piperidine rings is 1. The highest BCUT2D eigenvalue weighted by Crippen LogP contribution is 2.21. The average molecular weight is 395 g/mol. The molecule has 0 spiro atoms. The van der Waals surface area contributed by atoms with Crippen molar-refractivity contribution >= 4 is 29.9 Å². The fourth-order valence-corrected chi connectivity index (χ4v) is 3.42. The summed E-state index contributed by atoms with van der Waals surface area (Å²) in [7, 11) is 1.99. The summed E-state index contributed by atoms with van der Waals surface area (Å²) in [5.74, 6) is 0.689. The standard InChI is InChI=1S/C20H30N4O2.ClH/c1-21-10-7-15-8-11-24(12-9-15)14-19(25)22-18-4-2-3-16(13-18)20(26)23-17-5-6-17;/h2-4,13,15,17,21H,5-12,14H2,1H3,(H,22,25)(H,23,26);1H. The molecule has 6 nitrogen and oxygen atoms in total. The monoisotopic (exact) mass is 394 g/mol. The van der Waals surface area contributed by atoms with Crippen LogP contribution in [0.3, 0.4) is 0 Å². The number of hydrogen-bond donors (Lipinski definition) is 3. The highest BCUT2D eigenvalue weighted by molar-refractivity contribution is 5.97. The van der Waals surface area contributed by atoms with Crippen molar-refractivity contribution in [1.82, 2.24) is 15.5 Å². The van der Waals surface area contributed by atoms with Crippen LogP contribution < -0.4 is 16.0 Å². The molecule has 1 aliphatic heterocycles. The Labute approximate surface area is 167 Å². The van der Waals surface area contributed by atoms with Crippen molar-refractivity contribution in [2.24, 2.45) is 5.92 Å². The van der Waals surface area contributed by atoms with Gasteiger partial charge >= 0.3 is 0 Å². The smallest absolute Gasteiger partial charge is 0.251 e. The molecule has 1 saturated heterocycles. The fourth-order valence-electron chi connectivity index (χ4n) is 3.42. The Bertz CT molecular complexity index is 628. The summed E-state index contributed by atoms with van der Waals surface area (Å²) < 4.78 is 0. The first-order valence-electron chi connectivity index (χ1n) is 9.72. The van der Waals surface area contributed by atoms with E-state index in [9.17, 15) is 9.59 Å². The Morgan fingerprint density at radius 2 is 1.89 bits per heavy atom. The van der Waals surface area contributed by atoms with Crippen LogP contribution >= 0.6 is 12.4 Å². The summed E-state index contributed by atoms with van der Waals surface area (Å²) in [6.07, 6.45) is 5.66. The second-order valence-corrected chi connectivity index (χ2v) is 7.49. The van der Waals surface area contributed by atoms with Crippen molar-refractivity contribution in [2.75, 3.05) is 38.5 Å². The van der Waals surface area contributed by atoms with E-state index in [1.54, 1.807) is 12.1 Å². The summed E-state index contributed by atoms with van der Waals surface area (Å²) in [6.45, 7) is 3.43. The van der Waals surface area contributed by atoms with E-state index in [1.807, 2.05) is 19.2 Å². The lowest BCUT2D eigenvalue weighted by atomic mass is 9.93. The maximum atomic E-state index is 12.3.